The van der Waals surface area contributed by atoms with Gasteiger partial charge in [0.1, 0.15) is 0 Å². The average molecular weight is 409 g/mol. The first-order chi connectivity index (χ1) is 14.5. The molecule has 6 heteroatoms. The van der Waals surface area contributed by atoms with Crippen molar-refractivity contribution in [2.75, 3.05) is 35.0 Å². The van der Waals surface area contributed by atoms with Gasteiger partial charge in [-0.2, -0.15) is 0 Å². The molecule has 0 N–H and O–H groups in total. The van der Waals surface area contributed by atoms with Gasteiger partial charge in [0.25, 0.3) is 5.91 Å². The zero-order chi connectivity index (χ0) is 21.4. The number of hydrogen-bond donors (Lipinski definition) is 0. The molecular weight excluding hydrogens is 382 g/mol. The van der Waals surface area contributed by atoms with Crippen molar-refractivity contribution in [3.8, 4) is 23.0 Å². The SMILES string of the molecule is COc1cc2cc(C(=O)N3CCC[C@H]3C)c3cc(OC)c(OC)cc3c2cc1OC. The largest absolute Gasteiger partial charge is 0.493 e. The van der Waals surface area contributed by atoms with Gasteiger partial charge in [-0.25, -0.2) is 0 Å². The number of carbonyl (C=O) groups is 1. The van der Waals surface area contributed by atoms with E-state index >= 15 is 0 Å². The fourth-order valence-electron chi connectivity index (χ4n) is 4.37. The summed E-state index contributed by atoms with van der Waals surface area (Å²) in [5, 5.41) is 3.59. The molecule has 0 saturated carbocycles. The summed E-state index contributed by atoms with van der Waals surface area (Å²) in [7, 11) is 6.43. The van der Waals surface area contributed by atoms with E-state index in [9.17, 15) is 4.79 Å². The van der Waals surface area contributed by atoms with E-state index in [1.165, 1.54) is 0 Å². The van der Waals surface area contributed by atoms with Crippen LogP contribution < -0.4 is 18.9 Å². The molecule has 1 fully saturated rings. The lowest BCUT2D eigenvalue weighted by atomic mass is 9.95. The molecular formula is C24H27NO5. The topological polar surface area (TPSA) is 57.2 Å². The number of hydrogen-bond acceptors (Lipinski definition) is 5. The number of ether oxygens (including phenoxy) is 4. The van der Waals surface area contributed by atoms with Crippen LogP contribution in [-0.2, 0) is 0 Å². The quantitative estimate of drug-likeness (QED) is 0.574. The Morgan fingerprint density at radius 3 is 1.87 bits per heavy atom. The summed E-state index contributed by atoms with van der Waals surface area (Å²) in [5.41, 5.74) is 0.652. The van der Waals surface area contributed by atoms with E-state index in [2.05, 4.69) is 6.92 Å². The molecule has 1 saturated heterocycles. The number of fused-ring (bicyclic) bond motifs is 3. The molecule has 158 valence electrons. The third-order valence-corrected chi connectivity index (χ3v) is 6.00. The van der Waals surface area contributed by atoms with E-state index in [-0.39, 0.29) is 11.9 Å². The first-order valence-electron chi connectivity index (χ1n) is 10.1. The Hall–Kier alpha value is -3.15. The Balaban J connectivity index is 2.06. The molecule has 0 spiro atoms. The van der Waals surface area contributed by atoms with Gasteiger partial charge >= 0.3 is 0 Å². The first kappa shape index (κ1) is 20.1. The van der Waals surface area contributed by atoms with Gasteiger partial charge < -0.3 is 23.8 Å². The standard InChI is InChI=1S/C24H27NO5/c1-14-7-6-8-25(14)24(26)19-9-15-10-20(27-2)21(28-3)11-16(15)17-12-22(29-4)23(30-5)13-18(17)19/h9-14H,6-8H2,1-5H3/t14-/m1/s1. The molecule has 1 aliphatic heterocycles. The highest BCUT2D eigenvalue weighted by atomic mass is 16.5. The fraction of sp³-hybridized carbons (Fsp3) is 0.375. The maximum absolute atomic E-state index is 13.5. The molecule has 1 amide bonds. The summed E-state index contributed by atoms with van der Waals surface area (Å²) < 4.78 is 22.1. The predicted octanol–water partition coefficient (Wildman–Crippen LogP) is 4.65. The Bertz CT molecular complexity index is 1120. The van der Waals surface area contributed by atoms with Gasteiger partial charge in [0.05, 0.1) is 28.4 Å². The zero-order valence-corrected chi connectivity index (χ0v) is 18.1. The lowest BCUT2D eigenvalue weighted by Gasteiger charge is -2.23. The van der Waals surface area contributed by atoms with Gasteiger partial charge in [-0.05, 0) is 71.6 Å². The van der Waals surface area contributed by atoms with Gasteiger partial charge in [0.2, 0.25) is 0 Å². The fourth-order valence-corrected chi connectivity index (χ4v) is 4.37. The Morgan fingerprint density at radius 2 is 1.33 bits per heavy atom. The average Bonchev–Trinajstić information content (AvgIpc) is 3.21. The van der Waals surface area contributed by atoms with Crippen LogP contribution >= 0.6 is 0 Å². The Labute approximate surface area is 176 Å². The van der Waals surface area contributed by atoms with Gasteiger partial charge in [-0.1, -0.05) is 0 Å². The van der Waals surface area contributed by atoms with Crippen molar-refractivity contribution in [2.24, 2.45) is 0 Å². The van der Waals surface area contributed by atoms with E-state index < -0.39 is 0 Å². The molecule has 0 unspecified atom stereocenters. The third kappa shape index (κ3) is 3.16. The van der Waals surface area contributed by atoms with E-state index in [1.54, 1.807) is 28.4 Å². The highest BCUT2D eigenvalue weighted by molar-refractivity contribution is 6.18. The molecule has 0 radical (unpaired) electrons. The summed E-state index contributed by atoms with van der Waals surface area (Å²) in [5.74, 6) is 2.49. The van der Waals surface area contributed by atoms with Crippen LogP contribution in [-0.4, -0.2) is 51.8 Å². The summed E-state index contributed by atoms with van der Waals surface area (Å²) in [6.45, 7) is 2.88. The second kappa shape index (κ2) is 7.94. The van der Waals surface area contributed by atoms with Crippen LogP contribution in [0, 0.1) is 0 Å². The summed E-state index contributed by atoms with van der Waals surface area (Å²) in [4.78, 5) is 15.5. The van der Waals surface area contributed by atoms with Gasteiger partial charge in [-0.15, -0.1) is 0 Å². The minimum Gasteiger partial charge on any atom is -0.493 e. The van der Waals surface area contributed by atoms with E-state index in [0.29, 0.717) is 28.6 Å². The van der Waals surface area contributed by atoms with E-state index in [0.717, 1.165) is 40.9 Å². The molecule has 4 rings (SSSR count). The van der Waals surface area contributed by atoms with E-state index in [4.69, 9.17) is 18.9 Å². The van der Waals surface area contributed by atoms with Crippen LogP contribution in [0.25, 0.3) is 21.5 Å². The maximum atomic E-state index is 13.5. The third-order valence-electron chi connectivity index (χ3n) is 6.00. The molecule has 0 aliphatic carbocycles. The van der Waals surface area contributed by atoms with Crippen molar-refractivity contribution in [3.05, 3.63) is 35.9 Å². The molecule has 3 aromatic carbocycles. The minimum atomic E-state index is 0.0360. The number of methoxy groups -OCH3 is 4. The number of likely N-dealkylation sites (tertiary alicyclic amines) is 1. The molecule has 0 bridgehead atoms. The highest BCUT2D eigenvalue weighted by Crippen LogP contribution is 2.41. The second-order valence-corrected chi connectivity index (χ2v) is 7.60. The van der Waals surface area contributed by atoms with Crippen LogP contribution in [0.1, 0.15) is 30.1 Å². The van der Waals surface area contributed by atoms with Crippen molar-refractivity contribution >= 4 is 27.5 Å². The van der Waals surface area contributed by atoms with Gasteiger partial charge in [0.15, 0.2) is 23.0 Å². The van der Waals surface area contributed by atoms with Crippen LogP contribution in [0.3, 0.4) is 0 Å². The number of carbonyl (C=O) groups excluding carboxylic acids is 1. The smallest absolute Gasteiger partial charge is 0.254 e. The van der Waals surface area contributed by atoms with Gasteiger partial charge in [0, 0.05) is 18.2 Å². The van der Waals surface area contributed by atoms with Crippen molar-refractivity contribution in [1.29, 1.82) is 0 Å². The molecule has 0 aromatic heterocycles. The number of nitrogens with zero attached hydrogens (tertiary/aromatic N) is 1. The van der Waals surface area contributed by atoms with Crippen LogP contribution in [0.2, 0.25) is 0 Å². The molecule has 1 atom stereocenters. The highest BCUT2D eigenvalue weighted by Gasteiger charge is 2.28. The molecule has 30 heavy (non-hydrogen) atoms. The number of benzene rings is 3. The van der Waals surface area contributed by atoms with Crippen LogP contribution in [0.4, 0.5) is 0 Å². The van der Waals surface area contributed by atoms with Gasteiger partial charge in [-0.3, -0.25) is 4.79 Å². The predicted molar refractivity (Wildman–Crippen MR) is 117 cm³/mol. The van der Waals surface area contributed by atoms with Crippen molar-refractivity contribution in [2.45, 2.75) is 25.8 Å². The second-order valence-electron chi connectivity index (χ2n) is 7.60. The van der Waals surface area contributed by atoms with Crippen LogP contribution in [0.5, 0.6) is 23.0 Å². The van der Waals surface area contributed by atoms with Crippen molar-refractivity contribution in [3.63, 3.8) is 0 Å². The van der Waals surface area contributed by atoms with Crippen LogP contribution in [0.15, 0.2) is 30.3 Å². The number of amides is 1. The maximum Gasteiger partial charge on any atom is 0.254 e. The lowest BCUT2D eigenvalue weighted by molar-refractivity contribution is 0.0749. The monoisotopic (exact) mass is 409 g/mol. The summed E-state index contributed by atoms with van der Waals surface area (Å²) in [6, 6.07) is 9.83. The Kier molecular flexibility index (Phi) is 5.33. The first-order valence-corrected chi connectivity index (χ1v) is 10.1. The summed E-state index contributed by atoms with van der Waals surface area (Å²) in [6.07, 6.45) is 2.06. The molecule has 1 heterocycles. The molecule has 1 aliphatic rings. The molecule has 6 nitrogen and oxygen atoms in total. The van der Waals surface area contributed by atoms with Crippen molar-refractivity contribution in [1.82, 2.24) is 4.90 Å². The van der Waals surface area contributed by atoms with Crippen molar-refractivity contribution < 1.29 is 23.7 Å². The summed E-state index contributed by atoms with van der Waals surface area (Å²) >= 11 is 0. The zero-order valence-electron chi connectivity index (χ0n) is 18.1. The lowest BCUT2D eigenvalue weighted by Crippen LogP contribution is -2.33. The van der Waals surface area contributed by atoms with E-state index in [1.807, 2.05) is 35.2 Å². The normalized spacial score (nSPS) is 16.2. The Morgan fingerprint density at radius 1 is 0.800 bits per heavy atom. The minimum absolute atomic E-state index is 0.0360. The number of rotatable bonds is 5. The molecule has 3 aromatic rings.